The summed E-state index contributed by atoms with van der Waals surface area (Å²) in [5, 5.41) is 7.69. The van der Waals surface area contributed by atoms with Crippen molar-refractivity contribution in [3.05, 3.63) is 84.0 Å². The number of hydrogen-bond donors (Lipinski definition) is 1. The summed E-state index contributed by atoms with van der Waals surface area (Å²) in [7, 11) is 1.57. The first-order valence-corrected chi connectivity index (χ1v) is 16.1. The van der Waals surface area contributed by atoms with Crippen LogP contribution in [0.3, 0.4) is 0 Å². The molecule has 1 aliphatic carbocycles. The zero-order valence-electron chi connectivity index (χ0n) is 26.2. The number of rotatable bonds is 11. The third kappa shape index (κ3) is 8.82. The van der Waals surface area contributed by atoms with E-state index in [1.807, 2.05) is 32.1 Å². The van der Waals surface area contributed by atoms with Crippen molar-refractivity contribution in [3.63, 3.8) is 0 Å². The van der Waals surface area contributed by atoms with Crippen molar-refractivity contribution < 1.29 is 32.2 Å². The minimum absolute atomic E-state index is 0.0141. The van der Waals surface area contributed by atoms with Crippen molar-refractivity contribution in [1.29, 1.82) is 0 Å². The summed E-state index contributed by atoms with van der Waals surface area (Å²) in [6.07, 6.45) is 6.21. The summed E-state index contributed by atoms with van der Waals surface area (Å²) in [6.45, 7) is 4.54. The van der Waals surface area contributed by atoms with Gasteiger partial charge < -0.3 is 14.8 Å². The number of thioether (sulfide) groups is 1. The third-order valence-electron chi connectivity index (χ3n) is 7.58. The van der Waals surface area contributed by atoms with Gasteiger partial charge in [-0.3, -0.25) is 9.69 Å². The summed E-state index contributed by atoms with van der Waals surface area (Å²) < 4.78 is 48.0. The number of hydrogen-bond acceptors (Lipinski definition) is 7. The Kier molecular flexibility index (Phi) is 10.7. The summed E-state index contributed by atoms with van der Waals surface area (Å²) in [6, 6.07) is 10.5. The van der Waals surface area contributed by atoms with Crippen molar-refractivity contribution in [1.82, 2.24) is 20.1 Å². The number of methoxy groups -OCH3 is 1. The van der Waals surface area contributed by atoms with E-state index in [1.165, 1.54) is 57.5 Å². The molecule has 1 fully saturated rings. The number of carbonyl (C=O) groups is 2. The Morgan fingerprint density at radius 2 is 1.91 bits per heavy atom. The number of aliphatic imine (C=N–C) groups is 1. The Balaban J connectivity index is 1.07. The highest BCUT2D eigenvalue weighted by molar-refractivity contribution is 8.15. The molecule has 0 spiro atoms. The van der Waals surface area contributed by atoms with Gasteiger partial charge in [-0.05, 0) is 67.5 Å². The van der Waals surface area contributed by atoms with Gasteiger partial charge >= 0.3 is 12.4 Å². The molecule has 1 aromatic heterocycles. The number of anilines is 1. The second-order valence-electron chi connectivity index (χ2n) is 11.3. The summed E-state index contributed by atoms with van der Waals surface area (Å²) in [5.74, 6) is 1.15. The lowest BCUT2D eigenvalue weighted by Crippen LogP contribution is -2.32. The molecular formula is C33H35F3N6O4S. The fourth-order valence-corrected chi connectivity index (χ4v) is 6.06. The number of nitrogens with zero attached hydrogens (tertiary/aromatic N) is 5. The largest absolute Gasteiger partial charge is 0.573 e. The molecule has 0 bridgehead atoms. The zero-order chi connectivity index (χ0) is 33.6. The van der Waals surface area contributed by atoms with E-state index in [2.05, 4.69) is 37.3 Å². The van der Waals surface area contributed by atoms with Gasteiger partial charge in [-0.15, -0.1) is 13.2 Å². The summed E-state index contributed by atoms with van der Waals surface area (Å²) in [4.78, 5) is 35.6. The van der Waals surface area contributed by atoms with Gasteiger partial charge in [-0.1, -0.05) is 55.5 Å². The summed E-state index contributed by atoms with van der Waals surface area (Å²) in [5.41, 5.74) is 3.39. The normalized spacial score (nSPS) is 17.4. The number of benzene rings is 2. The number of unbranched alkanes of at least 4 members (excludes halogenated alkanes) is 1. The van der Waals surface area contributed by atoms with E-state index in [-0.39, 0.29) is 29.2 Å². The SMILES string of the molecule is COc1ccc(C(C)C)c(N2C(=O)CSC2=NC(=O)NCCCCC2=CCC(c3ncn(-c4ccc(OC(F)(F)F)cc4)n3)C=C2)c1. The van der Waals surface area contributed by atoms with Crippen molar-refractivity contribution in [2.75, 3.05) is 24.3 Å². The number of carbonyl (C=O) groups excluding carboxylic acids is 2. The number of halogens is 3. The second-order valence-corrected chi connectivity index (χ2v) is 12.2. The van der Waals surface area contributed by atoms with Crippen LogP contribution in [0.2, 0.25) is 0 Å². The molecule has 5 rings (SSSR count). The average molecular weight is 669 g/mol. The topological polar surface area (TPSA) is 111 Å². The number of amides is 3. The Labute approximate surface area is 274 Å². The molecule has 1 unspecified atom stereocenters. The Hall–Kier alpha value is -4.59. The van der Waals surface area contributed by atoms with E-state index in [0.29, 0.717) is 34.7 Å². The molecule has 2 heterocycles. The Bertz CT molecular complexity index is 1680. The number of allylic oxidation sites excluding steroid dienone is 4. The maximum absolute atomic E-state index is 12.8. The summed E-state index contributed by atoms with van der Waals surface area (Å²) >= 11 is 1.24. The maximum atomic E-state index is 12.8. The van der Waals surface area contributed by atoms with E-state index in [0.717, 1.165) is 31.2 Å². The van der Waals surface area contributed by atoms with Gasteiger partial charge in [-0.2, -0.15) is 10.1 Å². The Morgan fingerprint density at radius 3 is 2.60 bits per heavy atom. The first-order valence-electron chi connectivity index (χ1n) is 15.2. The van der Waals surface area contributed by atoms with Crippen molar-refractivity contribution in [3.8, 4) is 17.2 Å². The molecule has 1 N–H and O–H groups in total. The zero-order valence-corrected chi connectivity index (χ0v) is 27.0. The number of aromatic nitrogens is 3. The van der Waals surface area contributed by atoms with Gasteiger partial charge in [0.25, 0.3) is 0 Å². The maximum Gasteiger partial charge on any atom is 0.573 e. The van der Waals surface area contributed by atoms with Gasteiger partial charge in [0.15, 0.2) is 11.0 Å². The third-order valence-corrected chi connectivity index (χ3v) is 8.51. The van der Waals surface area contributed by atoms with Gasteiger partial charge in [0, 0.05) is 18.5 Å². The number of urea groups is 1. The highest BCUT2D eigenvalue weighted by atomic mass is 32.2. The first-order chi connectivity index (χ1) is 22.5. The molecular weight excluding hydrogens is 633 g/mol. The number of alkyl halides is 3. The smallest absolute Gasteiger partial charge is 0.497 e. The van der Waals surface area contributed by atoms with Crippen molar-refractivity contribution >= 4 is 34.6 Å². The van der Waals surface area contributed by atoms with Crippen LogP contribution in [0.25, 0.3) is 5.69 Å². The lowest BCUT2D eigenvalue weighted by molar-refractivity contribution is -0.274. The highest BCUT2D eigenvalue weighted by Gasteiger charge is 2.33. The molecule has 3 aromatic rings. The minimum atomic E-state index is -4.75. The molecule has 47 heavy (non-hydrogen) atoms. The van der Waals surface area contributed by atoms with Gasteiger partial charge in [-0.25, -0.2) is 14.5 Å². The van der Waals surface area contributed by atoms with Crippen molar-refractivity contribution in [2.24, 2.45) is 4.99 Å². The molecule has 1 saturated heterocycles. The van der Waals surface area contributed by atoms with Crippen LogP contribution < -0.4 is 19.7 Å². The highest BCUT2D eigenvalue weighted by Crippen LogP contribution is 2.36. The van der Waals surface area contributed by atoms with E-state index in [1.54, 1.807) is 13.2 Å². The second kappa shape index (κ2) is 14.9. The molecule has 1 atom stereocenters. The molecule has 14 heteroatoms. The average Bonchev–Trinajstić information content (AvgIpc) is 3.67. The quantitative estimate of drug-likeness (QED) is 0.214. The van der Waals surface area contributed by atoms with Crippen LogP contribution in [0, 0.1) is 0 Å². The minimum Gasteiger partial charge on any atom is -0.497 e. The van der Waals surface area contributed by atoms with E-state index in [4.69, 9.17) is 4.74 Å². The monoisotopic (exact) mass is 668 g/mol. The molecule has 1 aliphatic heterocycles. The number of nitrogens with one attached hydrogen (secondary N) is 1. The molecule has 0 radical (unpaired) electrons. The van der Waals surface area contributed by atoms with Crippen LogP contribution in [-0.4, -0.2) is 57.6 Å². The van der Waals surface area contributed by atoms with Crippen LogP contribution in [0.1, 0.15) is 62.8 Å². The molecule has 248 valence electrons. The fourth-order valence-electron chi connectivity index (χ4n) is 5.20. The molecule has 10 nitrogen and oxygen atoms in total. The predicted molar refractivity (Wildman–Crippen MR) is 174 cm³/mol. The molecule has 3 amide bonds. The molecule has 0 saturated carbocycles. The fraction of sp³-hybridized carbons (Fsp3) is 0.364. The Morgan fingerprint density at radius 1 is 1.15 bits per heavy atom. The first kappa shape index (κ1) is 33.8. The number of ether oxygens (including phenoxy) is 2. The van der Waals surface area contributed by atoms with Crippen molar-refractivity contribution in [2.45, 2.75) is 57.7 Å². The van der Waals surface area contributed by atoms with Crippen LogP contribution in [0.4, 0.5) is 23.7 Å². The van der Waals surface area contributed by atoms with Crippen LogP contribution in [0.15, 0.2) is 77.6 Å². The van der Waals surface area contributed by atoms with Crippen LogP contribution in [0.5, 0.6) is 11.5 Å². The van der Waals surface area contributed by atoms with E-state index < -0.39 is 12.4 Å². The van der Waals surface area contributed by atoms with Crippen LogP contribution in [-0.2, 0) is 4.79 Å². The van der Waals surface area contributed by atoms with E-state index in [9.17, 15) is 22.8 Å². The standard InChI is InChI=1S/C33H35F3N6O4S/c1-21(2)27-16-15-26(45-3)18-28(27)42-29(43)19-47-32(42)39-31(44)37-17-5-4-6-22-7-9-23(10-8-22)30-38-20-41(40-30)24-11-13-25(14-12-24)46-33(34,35)36/h7-9,11-16,18,20-21,23H,4-6,10,17,19H2,1-3H3,(H,37,44). The van der Waals surface area contributed by atoms with Gasteiger partial charge in [0.2, 0.25) is 5.91 Å². The predicted octanol–water partition coefficient (Wildman–Crippen LogP) is 7.28. The lowest BCUT2D eigenvalue weighted by Gasteiger charge is -2.22. The van der Waals surface area contributed by atoms with Crippen LogP contribution >= 0.6 is 11.8 Å². The number of amidine groups is 1. The van der Waals surface area contributed by atoms with Gasteiger partial charge in [0.05, 0.1) is 24.2 Å². The van der Waals surface area contributed by atoms with E-state index >= 15 is 0 Å². The molecule has 2 aliphatic rings. The lowest BCUT2D eigenvalue weighted by atomic mass is 9.94. The molecule has 2 aromatic carbocycles. The van der Waals surface area contributed by atoms with Gasteiger partial charge in [0.1, 0.15) is 17.8 Å².